The summed E-state index contributed by atoms with van der Waals surface area (Å²) >= 11 is 0. The number of benzene rings is 1. The number of carbonyl (C=O) groups excluding carboxylic acids is 2. The first-order chi connectivity index (χ1) is 9.16. The third-order valence-electron chi connectivity index (χ3n) is 4.10. The molecule has 0 unspecified atom stereocenters. The highest BCUT2D eigenvalue weighted by molar-refractivity contribution is 6.05. The molecule has 0 bridgehead atoms. The zero-order valence-corrected chi connectivity index (χ0v) is 11.0. The lowest BCUT2D eigenvalue weighted by Gasteiger charge is -2.19. The van der Waals surface area contributed by atoms with Crippen molar-refractivity contribution in [3.05, 3.63) is 47.5 Å². The maximum atomic E-state index is 12.4. The minimum Gasteiger partial charge on any atom is -0.278 e. The third-order valence-corrected chi connectivity index (χ3v) is 4.10. The van der Waals surface area contributed by atoms with Crippen LogP contribution in [-0.4, -0.2) is 16.7 Å². The van der Waals surface area contributed by atoms with Gasteiger partial charge in [-0.1, -0.05) is 42.0 Å². The summed E-state index contributed by atoms with van der Waals surface area (Å²) in [6, 6.07) is 9.69. The molecule has 2 atom stereocenters. The van der Waals surface area contributed by atoms with Crippen LogP contribution in [0, 0.1) is 11.8 Å². The molecule has 1 saturated heterocycles. The molecule has 3 nitrogen and oxygen atoms in total. The number of nitrogens with zero attached hydrogens (tertiary/aromatic N) is 1. The Morgan fingerprint density at radius 3 is 2.53 bits per heavy atom. The largest absolute Gasteiger partial charge is 0.278 e. The van der Waals surface area contributed by atoms with Gasteiger partial charge in [0.25, 0.3) is 0 Å². The molecule has 2 aliphatic rings. The molecule has 0 aromatic heterocycles. The molecule has 1 heterocycles. The zero-order valence-electron chi connectivity index (χ0n) is 11.0. The van der Waals surface area contributed by atoms with Crippen LogP contribution in [0.15, 0.2) is 42.0 Å². The summed E-state index contributed by atoms with van der Waals surface area (Å²) in [7, 11) is 0. The van der Waals surface area contributed by atoms with Crippen LogP contribution in [0.4, 0.5) is 0 Å². The Bertz CT molecular complexity index is 547. The predicted molar refractivity (Wildman–Crippen MR) is 72.0 cm³/mol. The van der Waals surface area contributed by atoms with Gasteiger partial charge in [-0.25, -0.2) is 0 Å². The maximum Gasteiger partial charge on any atom is 0.233 e. The Morgan fingerprint density at radius 2 is 1.79 bits per heavy atom. The Morgan fingerprint density at radius 1 is 1.11 bits per heavy atom. The molecule has 2 amide bonds. The predicted octanol–water partition coefficient (Wildman–Crippen LogP) is 2.53. The van der Waals surface area contributed by atoms with Crippen LogP contribution in [0.25, 0.3) is 0 Å². The summed E-state index contributed by atoms with van der Waals surface area (Å²) in [4.78, 5) is 26.2. The number of allylic oxidation sites excluding steroid dienone is 2. The molecule has 19 heavy (non-hydrogen) atoms. The van der Waals surface area contributed by atoms with Gasteiger partial charge in [0.05, 0.1) is 18.4 Å². The Balaban J connectivity index is 1.82. The Kier molecular flexibility index (Phi) is 2.97. The normalized spacial score (nSPS) is 26.4. The standard InChI is InChI=1S/C16H17NO2/c1-11-7-8-13-14(9-11)16(19)17(15(13)18)10-12-5-3-2-4-6-12/h2-7,13-14H,8-10H2,1H3/t13-,14+/m0/s1. The van der Waals surface area contributed by atoms with Crippen molar-refractivity contribution in [2.45, 2.75) is 26.3 Å². The fraction of sp³-hybridized carbons (Fsp3) is 0.375. The summed E-state index contributed by atoms with van der Waals surface area (Å²) in [5, 5.41) is 0. The number of hydrogen-bond acceptors (Lipinski definition) is 2. The van der Waals surface area contributed by atoms with E-state index in [9.17, 15) is 9.59 Å². The topological polar surface area (TPSA) is 37.4 Å². The molecule has 0 saturated carbocycles. The van der Waals surface area contributed by atoms with Crippen molar-refractivity contribution in [2.75, 3.05) is 0 Å². The van der Waals surface area contributed by atoms with E-state index >= 15 is 0 Å². The van der Waals surface area contributed by atoms with Crippen LogP contribution in [0.5, 0.6) is 0 Å². The average Bonchev–Trinajstić information content (AvgIpc) is 2.65. The van der Waals surface area contributed by atoms with Crippen molar-refractivity contribution in [1.29, 1.82) is 0 Å². The van der Waals surface area contributed by atoms with Crippen LogP contribution >= 0.6 is 0 Å². The monoisotopic (exact) mass is 255 g/mol. The van der Waals surface area contributed by atoms with Crippen LogP contribution in [0.1, 0.15) is 25.3 Å². The maximum absolute atomic E-state index is 12.4. The van der Waals surface area contributed by atoms with E-state index in [0.29, 0.717) is 13.0 Å². The highest BCUT2D eigenvalue weighted by Gasteiger charge is 2.47. The molecular formula is C16H17NO2. The quantitative estimate of drug-likeness (QED) is 0.601. The SMILES string of the molecule is CC1=CC[C@@H]2C(=O)N(Cc3ccccc3)C(=O)[C@@H]2C1. The number of fused-ring (bicyclic) bond motifs is 1. The summed E-state index contributed by atoms with van der Waals surface area (Å²) in [6.45, 7) is 2.44. The van der Waals surface area contributed by atoms with E-state index in [1.54, 1.807) is 0 Å². The van der Waals surface area contributed by atoms with Gasteiger partial charge >= 0.3 is 0 Å². The highest BCUT2D eigenvalue weighted by atomic mass is 16.2. The van der Waals surface area contributed by atoms with Gasteiger partial charge in [-0.3, -0.25) is 14.5 Å². The van der Waals surface area contributed by atoms with Crippen molar-refractivity contribution >= 4 is 11.8 Å². The van der Waals surface area contributed by atoms with Crippen LogP contribution in [0.2, 0.25) is 0 Å². The van der Waals surface area contributed by atoms with Crippen LogP contribution in [-0.2, 0) is 16.1 Å². The molecule has 1 aromatic carbocycles. The Hall–Kier alpha value is -1.90. The lowest BCUT2D eigenvalue weighted by molar-refractivity contribution is -0.140. The summed E-state index contributed by atoms with van der Waals surface area (Å²) in [6.07, 6.45) is 3.55. The summed E-state index contributed by atoms with van der Waals surface area (Å²) < 4.78 is 0. The number of rotatable bonds is 2. The smallest absolute Gasteiger partial charge is 0.233 e. The molecule has 98 valence electrons. The van der Waals surface area contributed by atoms with Crippen molar-refractivity contribution in [2.24, 2.45) is 11.8 Å². The van der Waals surface area contributed by atoms with Gasteiger partial charge in [0, 0.05) is 0 Å². The van der Waals surface area contributed by atoms with Gasteiger partial charge in [0.2, 0.25) is 11.8 Å². The molecule has 1 aromatic rings. The van der Waals surface area contributed by atoms with Gasteiger partial charge < -0.3 is 0 Å². The molecule has 1 aliphatic heterocycles. The lowest BCUT2D eigenvalue weighted by atomic mass is 9.82. The number of imide groups is 1. The van der Waals surface area contributed by atoms with Crippen molar-refractivity contribution in [3.8, 4) is 0 Å². The van der Waals surface area contributed by atoms with E-state index in [0.717, 1.165) is 12.0 Å². The molecular weight excluding hydrogens is 238 g/mol. The number of carbonyl (C=O) groups is 2. The highest BCUT2D eigenvalue weighted by Crippen LogP contribution is 2.38. The second-order valence-electron chi connectivity index (χ2n) is 5.45. The molecule has 0 N–H and O–H groups in total. The van der Waals surface area contributed by atoms with Crippen molar-refractivity contribution in [1.82, 2.24) is 4.90 Å². The minimum atomic E-state index is -0.125. The fourth-order valence-electron chi connectivity index (χ4n) is 3.03. The lowest BCUT2D eigenvalue weighted by Crippen LogP contribution is -2.30. The second-order valence-corrected chi connectivity index (χ2v) is 5.45. The first-order valence-corrected chi connectivity index (χ1v) is 6.71. The Labute approximate surface area is 112 Å². The first-order valence-electron chi connectivity index (χ1n) is 6.71. The number of hydrogen-bond donors (Lipinski definition) is 0. The van der Waals surface area contributed by atoms with Crippen molar-refractivity contribution < 1.29 is 9.59 Å². The van der Waals surface area contributed by atoms with Gasteiger partial charge in [0.1, 0.15) is 0 Å². The third kappa shape index (κ3) is 2.09. The van der Waals surface area contributed by atoms with E-state index < -0.39 is 0 Å². The van der Waals surface area contributed by atoms with E-state index in [1.165, 1.54) is 10.5 Å². The average molecular weight is 255 g/mol. The van der Waals surface area contributed by atoms with E-state index in [-0.39, 0.29) is 23.7 Å². The molecule has 3 rings (SSSR count). The van der Waals surface area contributed by atoms with Crippen molar-refractivity contribution in [3.63, 3.8) is 0 Å². The summed E-state index contributed by atoms with van der Waals surface area (Å²) in [5.41, 5.74) is 2.23. The van der Waals surface area contributed by atoms with Crippen LogP contribution < -0.4 is 0 Å². The molecule has 3 heteroatoms. The van der Waals surface area contributed by atoms with E-state index in [2.05, 4.69) is 6.08 Å². The number of likely N-dealkylation sites (tertiary alicyclic amines) is 1. The van der Waals surface area contributed by atoms with E-state index in [4.69, 9.17) is 0 Å². The number of amides is 2. The van der Waals surface area contributed by atoms with Crippen LogP contribution in [0.3, 0.4) is 0 Å². The second kappa shape index (κ2) is 4.65. The molecule has 0 spiro atoms. The van der Waals surface area contributed by atoms with E-state index in [1.807, 2.05) is 37.3 Å². The summed E-state index contributed by atoms with van der Waals surface area (Å²) in [5.74, 6) is -0.241. The molecule has 1 aliphatic carbocycles. The van der Waals surface area contributed by atoms with Gasteiger partial charge in [0.15, 0.2) is 0 Å². The first kappa shape index (κ1) is 12.2. The minimum absolute atomic E-state index is 0.00241. The molecule has 0 radical (unpaired) electrons. The van der Waals surface area contributed by atoms with Gasteiger partial charge in [-0.05, 0) is 25.3 Å². The fourth-order valence-corrected chi connectivity index (χ4v) is 3.03. The van der Waals surface area contributed by atoms with Gasteiger partial charge in [-0.2, -0.15) is 0 Å². The zero-order chi connectivity index (χ0) is 13.4. The van der Waals surface area contributed by atoms with Gasteiger partial charge in [-0.15, -0.1) is 0 Å². The molecule has 1 fully saturated rings.